The molecule has 0 fully saturated rings. The highest BCUT2D eigenvalue weighted by Gasteiger charge is 2.13. The first kappa shape index (κ1) is 12.6. The van der Waals surface area contributed by atoms with Crippen molar-refractivity contribution in [3.05, 3.63) is 28.2 Å². The first-order valence-electron chi connectivity index (χ1n) is 4.43. The zero-order chi connectivity index (χ0) is 11.5. The van der Waals surface area contributed by atoms with Crippen molar-refractivity contribution in [3.8, 4) is 0 Å². The second kappa shape index (κ2) is 5.07. The molecule has 0 bridgehead atoms. The molecule has 1 aromatic rings. The normalized spacial score (nSPS) is 11.7. The maximum absolute atomic E-state index is 11.7. The summed E-state index contributed by atoms with van der Waals surface area (Å²) in [6, 6.07) is 4.90. The molecule has 0 unspecified atom stereocenters. The van der Waals surface area contributed by atoms with E-state index in [1.54, 1.807) is 18.2 Å². The molecule has 0 saturated heterocycles. The quantitative estimate of drug-likeness (QED) is 0.869. The number of hydrogen-bond acceptors (Lipinski definition) is 3. The maximum Gasteiger partial charge on any atom is 0.240 e. The molecule has 1 rings (SSSR count). The van der Waals surface area contributed by atoms with Crippen molar-refractivity contribution in [1.29, 1.82) is 0 Å². The van der Waals surface area contributed by atoms with Gasteiger partial charge in [-0.2, -0.15) is 0 Å². The molecular weight excluding hydrogens is 280 g/mol. The van der Waals surface area contributed by atoms with Crippen LogP contribution in [0.1, 0.15) is 5.56 Å². The van der Waals surface area contributed by atoms with E-state index in [1.165, 1.54) is 0 Å². The predicted octanol–water partition coefficient (Wildman–Crippen LogP) is 0.995. The van der Waals surface area contributed by atoms with Crippen LogP contribution in [-0.4, -0.2) is 21.5 Å². The van der Waals surface area contributed by atoms with Crippen LogP contribution >= 0.6 is 15.9 Å². The van der Waals surface area contributed by atoms with Gasteiger partial charge in [0.1, 0.15) is 0 Å². The molecule has 0 aliphatic carbocycles. The second-order valence-corrected chi connectivity index (χ2v) is 5.72. The van der Waals surface area contributed by atoms with Gasteiger partial charge in [-0.3, -0.25) is 0 Å². The molecular formula is C9H13BrN2O2S. The Morgan fingerprint density at radius 2 is 2.13 bits per heavy atom. The van der Waals surface area contributed by atoms with E-state index in [4.69, 9.17) is 5.73 Å². The summed E-state index contributed by atoms with van der Waals surface area (Å²) in [4.78, 5) is 0.244. The van der Waals surface area contributed by atoms with Crippen molar-refractivity contribution < 1.29 is 8.42 Å². The van der Waals surface area contributed by atoms with E-state index in [0.717, 1.165) is 10.0 Å². The van der Waals surface area contributed by atoms with Gasteiger partial charge in [0.15, 0.2) is 0 Å². The summed E-state index contributed by atoms with van der Waals surface area (Å²) in [5.41, 5.74) is 6.22. The minimum Gasteiger partial charge on any atom is -0.329 e. The molecule has 0 aliphatic heterocycles. The van der Waals surface area contributed by atoms with E-state index in [-0.39, 0.29) is 18.0 Å². The Balaban J connectivity index is 3.00. The molecule has 3 N–H and O–H groups in total. The first-order valence-corrected chi connectivity index (χ1v) is 6.71. The number of sulfonamides is 1. The van der Waals surface area contributed by atoms with E-state index in [9.17, 15) is 8.42 Å². The fourth-order valence-corrected chi connectivity index (χ4v) is 2.62. The number of halogens is 1. The molecule has 0 amide bonds. The molecule has 84 valence electrons. The number of nitrogens with two attached hydrogens (primary N) is 1. The van der Waals surface area contributed by atoms with Gasteiger partial charge in [-0.1, -0.05) is 22.0 Å². The Labute approximate surface area is 98.0 Å². The van der Waals surface area contributed by atoms with Crippen molar-refractivity contribution in [2.45, 2.75) is 11.8 Å². The minimum absolute atomic E-state index is 0.244. The Morgan fingerprint density at radius 3 is 2.67 bits per heavy atom. The number of benzene rings is 1. The van der Waals surface area contributed by atoms with E-state index in [2.05, 4.69) is 20.7 Å². The molecule has 0 spiro atoms. The number of nitrogens with one attached hydrogen (secondary N) is 1. The predicted molar refractivity (Wildman–Crippen MR) is 63.1 cm³/mol. The van der Waals surface area contributed by atoms with Crippen LogP contribution in [0.3, 0.4) is 0 Å². The van der Waals surface area contributed by atoms with Crippen LogP contribution in [-0.2, 0) is 10.0 Å². The molecule has 1 aromatic carbocycles. The third kappa shape index (κ3) is 3.27. The monoisotopic (exact) mass is 292 g/mol. The van der Waals surface area contributed by atoms with Crippen LogP contribution in [0, 0.1) is 6.92 Å². The second-order valence-electron chi connectivity index (χ2n) is 3.10. The number of aryl methyl sites for hydroxylation is 1. The smallest absolute Gasteiger partial charge is 0.240 e. The summed E-state index contributed by atoms with van der Waals surface area (Å²) in [6.07, 6.45) is 0. The lowest BCUT2D eigenvalue weighted by Crippen LogP contribution is -2.29. The molecule has 15 heavy (non-hydrogen) atoms. The van der Waals surface area contributed by atoms with Gasteiger partial charge in [-0.05, 0) is 24.6 Å². The van der Waals surface area contributed by atoms with Crippen LogP contribution < -0.4 is 10.5 Å². The standard InChI is InChI=1S/C9H13BrN2O2S/c1-7-2-3-8(6-9(7)10)15(13,14)12-5-4-11/h2-3,6,12H,4-5,11H2,1H3. The molecule has 6 heteroatoms. The van der Waals surface area contributed by atoms with E-state index in [1.807, 2.05) is 6.92 Å². The summed E-state index contributed by atoms with van der Waals surface area (Å²) in [7, 11) is -3.42. The van der Waals surface area contributed by atoms with Gasteiger partial charge in [0.2, 0.25) is 10.0 Å². The van der Waals surface area contributed by atoms with Crippen molar-refractivity contribution >= 4 is 26.0 Å². The van der Waals surface area contributed by atoms with Gasteiger partial charge >= 0.3 is 0 Å². The lowest BCUT2D eigenvalue weighted by molar-refractivity contribution is 0.582. The molecule has 0 aromatic heterocycles. The third-order valence-electron chi connectivity index (χ3n) is 1.89. The SMILES string of the molecule is Cc1ccc(S(=O)(=O)NCCN)cc1Br. The summed E-state index contributed by atoms with van der Waals surface area (Å²) in [6.45, 7) is 2.42. The van der Waals surface area contributed by atoms with Gasteiger partial charge in [-0.15, -0.1) is 0 Å². The highest BCUT2D eigenvalue weighted by molar-refractivity contribution is 9.10. The molecule has 4 nitrogen and oxygen atoms in total. The molecule has 0 heterocycles. The van der Waals surface area contributed by atoms with Gasteiger partial charge in [0, 0.05) is 17.6 Å². The van der Waals surface area contributed by atoms with Gasteiger partial charge in [-0.25, -0.2) is 13.1 Å². The fraction of sp³-hybridized carbons (Fsp3) is 0.333. The summed E-state index contributed by atoms with van der Waals surface area (Å²) in [5, 5.41) is 0. The summed E-state index contributed by atoms with van der Waals surface area (Å²) >= 11 is 3.29. The van der Waals surface area contributed by atoms with Crippen LogP contribution in [0.2, 0.25) is 0 Å². The molecule has 0 aliphatic rings. The molecule has 0 atom stereocenters. The fourth-order valence-electron chi connectivity index (χ4n) is 1.02. The average Bonchev–Trinajstić information content (AvgIpc) is 2.19. The maximum atomic E-state index is 11.7. The molecule has 0 saturated carbocycles. The average molecular weight is 293 g/mol. The Bertz CT molecular complexity index is 445. The van der Waals surface area contributed by atoms with Crippen molar-refractivity contribution in [2.24, 2.45) is 5.73 Å². The van der Waals surface area contributed by atoms with Crippen LogP contribution in [0.25, 0.3) is 0 Å². The largest absolute Gasteiger partial charge is 0.329 e. The van der Waals surface area contributed by atoms with Crippen LogP contribution in [0.15, 0.2) is 27.6 Å². The Morgan fingerprint density at radius 1 is 1.47 bits per heavy atom. The van der Waals surface area contributed by atoms with Crippen LogP contribution in [0.4, 0.5) is 0 Å². The third-order valence-corrected chi connectivity index (χ3v) is 4.20. The van der Waals surface area contributed by atoms with Crippen LogP contribution in [0.5, 0.6) is 0 Å². The van der Waals surface area contributed by atoms with Gasteiger partial charge in [0.05, 0.1) is 4.90 Å². The highest BCUT2D eigenvalue weighted by Crippen LogP contribution is 2.20. The summed E-state index contributed by atoms with van der Waals surface area (Å²) < 4.78 is 26.5. The Kier molecular flexibility index (Phi) is 4.27. The minimum atomic E-state index is -3.42. The highest BCUT2D eigenvalue weighted by atomic mass is 79.9. The van der Waals surface area contributed by atoms with Crippen molar-refractivity contribution in [3.63, 3.8) is 0 Å². The van der Waals surface area contributed by atoms with Gasteiger partial charge in [0.25, 0.3) is 0 Å². The van der Waals surface area contributed by atoms with Crippen molar-refractivity contribution in [1.82, 2.24) is 4.72 Å². The lowest BCUT2D eigenvalue weighted by Gasteiger charge is -2.06. The zero-order valence-electron chi connectivity index (χ0n) is 8.33. The first-order chi connectivity index (χ1) is 6.97. The topological polar surface area (TPSA) is 72.2 Å². The number of hydrogen-bond donors (Lipinski definition) is 2. The van der Waals surface area contributed by atoms with Crippen molar-refractivity contribution in [2.75, 3.05) is 13.1 Å². The summed E-state index contributed by atoms with van der Waals surface area (Å²) in [5.74, 6) is 0. The zero-order valence-corrected chi connectivity index (χ0v) is 10.7. The number of rotatable bonds is 4. The van der Waals surface area contributed by atoms with E-state index in [0.29, 0.717) is 0 Å². The Hall–Kier alpha value is -0.430. The lowest BCUT2D eigenvalue weighted by atomic mass is 10.2. The molecule has 0 radical (unpaired) electrons. The van der Waals surface area contributed by atoms with E-state index < -0.39 is 10.0 Å². The van der Waals surface area contributed by atoms with E-state index >= 15 is 0 Å². The van der Waals surface area contributed by atoms with Gasteiger partial charge < -0.3 is 5.73 Å².